The van der Waals surface area contributed by atoms with E-state index in [9.17, 15) is 0 Å². The van der Waals surface area contributed by atoms with Crippen LogP contribution >= 0.6 is 12.4 Å². The maximum Gasteiger partial charge on any atom is 0.0554 e. The molecular weight excluding hydrogens is 236 g/mol. The van der Waals surface area contributed by atoms with E-state index in [2.05, 4.69) is 0 Å². The Kier molecular flexibility index (Phi) is 3.70. The van der Waals surface area contributed by atoms with Gasteiger partial charge in [-0.2, -0.15) is 0 Å². The standard InChI is InChI=1S/C12H14N4.ClH/c13-9-3-1-7(5-11(9)15)8-2-4-10(14)12(16)6-8;/h1-6H,13-16H2;1H. The van der Waals surface area contributed by atoms with Crippen molar-refractivity contribution in [2.45, 2.75) is 0 Å². The van der Waals surface area contributed by atoms with Crippen LogP contribution in [0.2, 0.25) is 0 Å². The lowest BCUT2D eigenvalue weighted by molar-refractivity contribution is 1.60. The third-order valence-electron chi connectivity index (χ3n) is 2.51. The Morgan fingerprint density at radius 2 is 0.882 bits per heavy atom. The monoisotopic (exact) mass is 250 g/mol. The Morgan fingerprint density at radius 1 is 0.529 bits per heavy atom. The number of rotatable bonds is 1. The second kappa shape index (κ2) is 4.84. The molecule has 0 saturated heterocycles. The molecule has 0 bridgehead atoms. The quantitative estimate of drug-likeness (QED) is 0.582. The van der Waals surface area contributed by atoms with Crippen LogP contribution in [0.25, 0.3) is 11.1 Å². The first kappa shape index (κ1) is 13.0. The van der Waals surface area contributed by atoms with Crippen LogP contribution in [-0.2, 0) is 0 Å². The zero-order chi connectivity index (χ0) is 11.7. The highest BCUT2D eigenvalue weighted by Crippen LogP contribution is 2.28. The molecule has 2 aromatic rings. The largest absolute Gasteiger partial charge is 0.397 e. The number of benzene rings is 2. The first-order valence-electron chi connectivity index (χ1n) is 4.88. The van der Waals surface area contributed by atoms with Crippen molar-refractivity contribution in [3.63, 3.8) is 0 Å². The van der Waals surface area contributed by atoms with E-state index in [1.807, 2.05) is 24.3 Å². The summed E-state index contributed by atoms with van der Waals surface area (Å²) in [5.74, 6) is 0. The molecule has 0 spiro atoms. The van der Waals surface area contributed by atoms with Crippen LogP contribution in [0, 0.1) is 0 Å². The summed E-state index contributed by atoms with van der Waals surface area (Å²) in [5, 5.41) is 0. The number of hydrogen-bond acceptors (Lipinski definition) is 4. The molecule has 8 N–H and O–H groups in total. The Labute approximate surface area is 106 Å². The fourth-order valence-electron chi connectivity index (χ4n) is 1.51. The highest BCUT2D eigenvalue weighted by molar-refractivity contribution is 5.85. The average molecular weight is 251 g/mol. The predicted molar refractivity (Wildman–Crippen MR) is 76.8 cm³/mol. The molecule has 2 rings (SSSR count). The van der Waals surface area contributed by atoms with Gasteiger partial charge in [0.2, 0.25) is 0 Å². The smallest absolute Gasteiger partial charge is 0.0554 e. The third-order valence-corrected chi connectivity index (χ3v) is 2.51. The molecule has 4 nitrogen and oxygen atoms in total. The third kappa shape index (κ3) is 2.54. The number of nitrogen functional groups attached to an aromatic ring is 4. The van der Waals surface area contributed by atoms with E-state index in [4.69, 9.17) is 22.9 Å². The minimum atomic E-state index is 0. The Bertz CT molecular complexity index is 491. The van der Waals surface area contributed by atoms with Gasteiger partial charge in [-0.3, -0.25) is 0 Å². The summed E-state index contributed by atoms with van der Waals surface area (Å²) in [5.41, 5.74) is 27.0. The van der Waals surface area contributed by atoms with Crippen LogP contribution in [0.1, 0.15) is 0 Å². The molecule has 0 amide bonds. The Morgan fingerprint density at radius 3 is 1.18 bits per heavy atom. The van der Waals surface area contributed by atoms with Crippen LogP contribution < -0.4 is 22.9 Å². The van der Waals surface area contributed by atoms with Gasteiger partial charge in [-0.15, -0.1) is 12.4 Å². The van der Waals surface area contributed by atoms with Crippen LogP contribution in [-0.4, -0.2) is 0 Å². The predicted octanol–water partition coefficient (Wildman–Crippen LogP) is 2.10. The summed E-state index contributed by atoms with van der Waals surface area (Å²) >= 11 is 0. The molecule has 0 saturated carbocycles. The first-order chi connectivity index (χ1) is 7.58. The van der Waals surface area contributed by atoms with Gasteiger partial charge in [-0.05, 0) is 35.4 Å². The molecule has 0 heterocycles. The Balaban J connectivity index is 0.00000144. The number of nitrogens with two attached hydrogens (primary N) is 4. The normalized spacial score (nSPS) is 9.65. The van der Waals surface area contributed by atoms with Gasteiger partial charge in [0, 0.05) is 0 Å². The average Bonchev–Trinajstić information content (AvgIpc) is 2.26. The second-order valence-electron chi connectivity index (χ2n) is 3.69. The molecule has 90 valence electrons. The molecular formula is C12H15ClN4. The lowest BCUT2D eigenvalue weighted by atomic mass is 10.0. The van der Waals surface area contributed by atoms with E-state index in [-0.39, 0.29) is 12.4 Å². The molecule has 0 aliphatic carbocycles. The van der Waals surface area contributed by atoms with Crippen molar-refractivity contribution in [3.8, 4) is 11.1 Å². The van der Waals surface area contributed by atoms with Gasteiger partial charge in [0.05, 0.1) is 22.7 Å². The van der Waals surface area contributed by atoms with Gasteiger partial charge in [0.1, 0.15) is 0 Å². The highest BCUT2D eigenvalue weighted by atomic mass is 35.5. The van der Waals surface area contributed by atoms with E-state index in [1.165, 1.54) is 0 Å². The molecule has 0 atom stereocenters. The lowest BCUT2D eigenvalue weighted by Crippen LogP contribution is -1.96. The minimum Gasteiger partial charge on any atom is -0.397 e. The van der Waals surface area contributed by atoms with Crippen molar-refractivity contribution in [3.05, 3.63) is 36.4 Å². The lowest BCUT2D eigenvalue weighted by Gasteiger charge is -2.07. The van der Waals surface area contributed by atoms with Crippen LogP contribution in [0.5, 0.6) is 0 Å². The summed E-state index contributed by atoms with van der Waals surface area (Å²) in [6.07, 6.45) is 0. The van der Waals surface area contributed by atoms with Crippen LogP contribution in [0.15, 0.2) is 36.4 Å². The van der Waals surface area contributed by atoms with Crippen molar-refractivity contribution >= 4 is 35.2 Å². The molecule has 0 aliphatic rings. The molecule has 0 aliphatic heterocycles. The zero-order valence-electron chi connectivity index (χ0n) is 9.18. The van der Waals surface area contributed by atoms with E-state index in [0.717, 1.165) is 11.1 Å². The molecule has 0 fully saturated rings. The van der Waals surface area contributed by atoms with Gasteiger partial charge in [-0.1, -0.05) is 12.1 Å². The van der Waals surface area contributed by atoms with Crippen molar-refractivity contribution in [2.24, 2.45) is 0 Å². The molecule has 5 heteroatoms. The molecule has 0 radical (unpaired) electrons. The number of hydrogen-bond donors (Lipinski definition) is 4. The van der Waals surface area contributed by atoms with Crippen molar-refractivity contribution in [1.29, 1.82) is 0 Å². The SMILES string of the molecule is Cl.Nc1ccc(-c2ccc(N)c(N)c2)cc1N. The second-order valence-corrected chi connectivity index (χ2v) is 3.69. The number of anilines is 4. The minimum absolute atomic E-state index is 0. The summed E-state index contributed by atoms with van der Waals surface area (Å²) in [6, 6.07) is 11.0. The molecule has 2 aromatic carbocycles. The van der Waals surface area contributed by atoms with Crippen molar-refractivity contribution in [1.82, 2.24) is 0 Å². The van der Waals surface area contributed by atoms with Gasteiger partial charge < -0.3 is 22.9 Å². The van der Waals surface area contributed by atoms with E-state index in [0.29, 0.717) is 22.7 Å². The zero-order valence-corrected chi connectivity index (χ0v) is 10.00. The van der Waals surface area contributed by atoms with Gasteiger partial charge >= 0.3 is 0 Å². The fourth-order valence-corrected chi connectivity index (χ4v) is 1.51. The summed E-state index contributed by atoms with van der Waals surface area (Å²) < 4.78 is 0. The summed E-state index contributed by atoms with van der Waals surface area (Å²) in [4.78, 5) is 0. The van der Waals surface area contributed by atoms with E-state index < -0.39 is 0 Å². The Hall–Kier alpha value is -2.07. The summed E-state index contributed by atoms with van der Waals surface area (Å²) in [7, 11) is 0. The first-order valence-corrected chi connectivity index (χ1v) is 4.88. The number of halogens is 1. The maximum atomic E-state index is 5.74. The van der Waals surface area contributed by atoms with Gasteiger partial charge in [0.15, 0.2) is 0 Å². The van der Waals surface area contributed by atoms with Crippen molar-refractivity contribution in [2.75, 3.05) is 22.9 Å². The van der Waals surface area contributed by atoms with E-state index >= 15 is 0 Å². The van der Waals surface area contributed by atoms with Crippen LogP contribution in [0.3, 0.4) is 0 Å². The molecule has 0 aromatic heterocycles. The maximum absolute atomic E-state index is 5.74. The van der Waals surface area contributed by atoms with Crippen LogP contribution in [0.4, 0.5) is 22.7 Å². The van der Waals surface area contributed by atoms with E-state index in [1.54, 1.807) is 12.1 Å². The fraction of sp³-hybridized carbons (Fsp3) is 0. The van der Waals surface area contributed by atoms with Crippen molar-refractivity contribution < 1.29 is 0 Å². The van der Waals surface area contributed by atoms with Gasteiger partial charge in [0.25, 0.3) is 0 Å². The molecule has 0 unspecified atom stereocenters. The highest BCUT2D eigenvalue weighted by Gasteiger charge is 2.02. The topological polar surface area (TPSA) is 104 Å². The molecule has 17 heavy (non-hydrogen) atoms. The summed E-state index contributed by atoms with van der Waals surface area (Å²) in [6.45, 7) is 0. The van der Waals surface area contributed by atoms with Gasteiger partial charge in [-0.25, -0.2) is 0 Å².